The maximum Gasteiger partial charge on any atom is 0.364 e. The zero-order chi connectivity index (χ0) is 69.0. The van der Waals surface area contributed by atoms with Crippen LogP contribution in [0.5, 0.6) is 0 Å². The quantitative estimate of drug-likeness (QED) is 0.0404. The van der Waals surface area contributed by atoms with Crippen LogP contribution in [0.25, 0.3) is 0 Å². The molecule has 7 saturated heterocycles. The molecule has 3 amide bonds. The zero-order valence-electron chi connectivity index (χ0n) is 49.6. The fourth-order valence-corrected chi connectivity index (χ4v) is 11.9. The molecule has 25 N–H and O–H groups in total. The molecule has 0 aliphatic carbocycles. The number of carbonyl (C=O) groups is 4. The number of hydrogen-bond donors (Lipinski definition) is 25. The van der Waals surface area contributed by atoms with E-state index in [1.54, 1.807) is 0 Å². The number of amides is 3. The number of hydrogen-bond acceptors (Lipinski definition) is 38. The number of carboxylic acid groups (broad SMARTS) is 1. The Morgan fingerprint density at radius 2 is 0.774 bits per heavy atom. The number of carbonyl (C=O) groups excluding carboxylic acids is 3. The van der Waals surface area contributed by atoms with Crippen LogP contribution in [-0.4, -0.2) is 403 Å². The molecule has 0 saturated carbocycles. The Morgan fingerprint density at radius 1 is 0.419 bits per heavy atom. The number of rotatable bonds is 25. The Hall–Kier alpha value is -3.48. The number of aliphatic hydroxyl groups excluding tert-OH is 21. The van der Waals surface area contributed by atoms with Crippen molar-refractivity contribution >= 4 is 23.7 Å². The van der Waals surface area contributed by atoms with Gasteiger partial charge in [0.2, 0.25) is 17.7 Å². The Kier molecular flexibility index (Phi) is 27.2. The first-order valence-electron chi connectivity index (χ1n) is 29.3. The Morgan fingerprint density at radius 3 is 1.22 bits per heavy atom. The van der Waals surface area contributed by atoms with Gasteiger partial charge in [0.25, 0.3) is 5.79 Å². The standard InChI is InChI=1S/C51H85N3O39/c1-12(62)52-23-15(65)4-51(50(79)80,92-40(23)26(67)16(66)5-55)93-43-30(71)20(9-59)85-49(36(43)77)89-39-25(54-14(3)64)46(82-17(6-56)27(39)68)91-42-29(70)19(8-58)83-47(35(42)76)87-37-22(11-61)86-45(24(31(37)72)53-13(2)63)90-41-28(69)18(7-57)84-48(34(41)75)88-38-21(10-60)81-44(78)33(74)32(38)73/h15-49,55-61,65-78H,4-11H2,1-3H3,(H,52,62)(H,53,63)(H,54,64)(H,79,80)/t15-,16+,17+,18+,19+,20+,21+,22+,23+,24+,25+,26+,27+,28-,29-,30-,31+,32+,33+,34+,35+,36+,37+,38+,39+,40+,41-,42-,43-,44?,45-,46-,47-,48-,49-,51-/m0/s1. The van der Waals surface area contributed by atoms with E-state index in [-0.39, 0.29) is 0 Å². The highest BCUT2D eigenvalue weighted by atomic mass is 16.8. The first kappa shape index (κ1) is 76.9. The summed E-state index contributed by atoms with van der Waals surface area (Å²) in [7, 11) is 0. The molecule has 0 aromatic carbocycles. The topological polar surface area (TPSA) is 669 Å². The third kappa shape index (κ3) is 16.6. The fourth-order valence-electron chi connectivity index (χ4n) is 11.9. The van der Waals surface area contributed by atoms with Crippen LogP contribution in [0, 0.1) is 0 Å². The first-order valence-corrected chi connectivity index (χ1v) is 29.3. The molecule has 7 fully saturated rings. The Balaban J connectivity index is 1.13. The van der Waals surface area contributed by atoms with Crippen molar-refractivity contribution in [3.05, 3.63) is 0 Å². The highest BCUT2D eigenvalue weighted by Gasteiger charge is 2.62. The van der Waals surface area contributed by atoms with Gasteiger partial charge < -0.3 is 190 Å². The average Bonchev–Trinajstić information content (AvgIpc) is 0.769. The van der Waals surface area contributed by atoms with Gasteiger partial charge in [-0.1, -0.05) is 0 Å². The summed E-state index contributed by atoms with van der Waals surface area (Å²) >= 11 is 0. The van der Waals surface area contributed by atoms with Gasteiger partial charge in [-0.25, -0.2) is 4.79 Å². The third-order valence-corrected chi connectivity index (χ3v) is 16.7. The molecule has 1 unspecified atom stereocenters. The minimum atomic E-state index is -3.26. The lowest BCUT2D eigenvalue weighted by atomic mass is 9.88. The van der Waals surface area contributed by atoms with Crippen LogP contribution in [-0.2, 0) is 80.8 Å². The summed E-state index contributed by atoms with van der Waals surface area (Å²) in [5.74, 6) is -8.13. The minimum absolute atomic E-state index is 0.852. The molecule has 0 radical (unpaired) electrons. The van der Waals surface area contributed by atoms with E-state index in [2.05, 4.69) is 16.0 Å². The summed E-state index contributed by atoms with van der Waals surface area (Å²) in [6, 6.07) is -5.56. The van der Waals surface area contributed by atoms with Crippen molar-refractivity contribution in [1.29, 1.82) is 0 Å². The number of aliphatic carboxylic acids is 1. The number of aliphatic hydroxyl groups is 21. The molecule has 7 aliphatic rings. The second-order valence-corrected chi connectivity index (χ2v) is 23.2. The van der Waals surface area contributed by atoms with E-state index in [4.69, 9.17) is 61.6 Å². The van der Waals surface area contributed by atoms with Gasteiger partial charge in [-0.3, -0.25) is 14.4 Å². The van der Waals surface area contributed by atoms with Gasteiger partial charge in [-0.05, 0) is 0 Å². The predicted octanol–water partition coefficient (Wildman–Crippen LogP) is -16.6. The fraction of sp³-hybridized carbons (Fsp3) is 0.922. The second-order valence-electron chi connectivity index (χ2n) is 23.2. The lowest BCUT2D eigenvalue weighted by Crippen LogP contribution is -2.72. The van der Waals surface area contributed by atoms with E-state index >= 15 is 0 Å². The van der Waals surface area contributed by atoms with E-state index in [0.29, 0.717) is 0 Å². The molecule has 36 atom stereocenters. The lowest BCUT2D eigenvalue weighted by Gasteiger charge is -2.51. The summed E-state index contributed by atoms with van der Waals surface area (Å²) in [5, 5.41) is 246. The third-order valence-electron chi connectivity index (χ3n) is 16.7. The second kappa shape index (κ2) is 32.9. The molecule has 93 heavy (non-hydrogen) atoms. The van der Waals surface area contributed by atoms with Crippen molar-refractivity contribution < 1.29 is 193 Å². The van der Waals surface area contributed by atoms with Crippen molar-refractivity contribution in [1.82, 2.24) is 16.0 Å². The Labute approximate surface area is 525 Å². The molecular weight excluding hydrogens is 1280 g/mol. The summed E-state index contributed by atoms with van der Waals surface area (Å²) in [5.41, 5.74) is 0. The largest absolute Gasteiger partial charge is 0.477 e. The molecule has 42 nitrogen and oxygen atoms in total. The molecule has 42 heteroatoms. The van der Waals surface area contributed by atoms with Crippen LogP contribution in [0.1, 0.15) is 27.2 Å². The smallest absolute Gasteiger partial charge is 0.364 e. The lowest BCUT2D eigenvalue weighted by molar-refractivity contribution is -0.391. The summed E-state index contributed by atoms with van der Waals surface area (Å²) in [6.07, 6.45) is -67.8. The van der Waals surface area contributed by atoms with Gasteiger partial charge >= 0.3 is 5.97 Å². The number of carboxylic acids is 1. The number of nitrogens with one attached hydrogen (secondary N) is 3. The molecule has 0 spiro atoms. The van der Waals surface area contributed by atoms with E-state index in [9.17, 15) is 132 Å². The highest BCUT2D eigenvalue weighted by molar-refractivity contribution is 5.77. The van der Waals surface area contributed by atoms with Gasteiger partial charge in [-0.15, -0.1) is 0 Å². The minimum Gasteiger partial charge on any atom is -0.477 e. The van der Waals surface area contributed by atoms with Crippen molar-refractivity contribution in [2.24, 2.45) is 0 Å². The van der Waals surface area contributed by atoms with Crippen molar-refractivity contribution in [3.63, 3.8) is 0 Å². The van der Waals surface area contributed by atoms with Crippen molar-refractivity contribution in [2.45, 2.75) is 248 Å². The van der Waals surface area contributed by atoms with Gasteiger partial charge in [0.15, 0.2) is 37.7 Å². The van der Waals surface area contributed by atoms with E-state index in [1.807, 2.05) is 0 Å². The van der Waals surface area contributed by atoms with Gasteiger partial charge in [0, 0.05) is 27.2 Å². The summed E-state index contributed by atoms with van der Waals surface area (Å²) in [4.78, 5) is 51.0. The molecule has 0 aromatic rings. The molecule has 7 heterocycles. The van der Waals surface area contributed by atoms with E-state index < -0.39 is 297 Å². The van der Waals surface area contributed by atoms with Crippen LogP contribution < -0.4 is 16.0 Å². The van der Waals surface area contributed by atoms with E-state index in [0.717, 1.165) is 20.8 Å². The Bertz CT molecular complexity index is 2420. The maximum atomic E-state index is 13.1. The average molecular weight is 1360 g/mol. The van der Waals surface area contributed by atoms with Gasteiger partial charge in [-0.2, -0.15) is 0 Å². The van der Waals surface area contributed by atoms with Crippen LogP contribution in [0.15, 0.2) is 0 Å². The maximum absolute atomic E-state index is 13.1. The summed E-state index contributed by atoms with van der Waals surface area (Å²) < 4.78 is 74.7. The van der Waals surface area contributed by atoms with Crippen LogP contribution in [0.2, 0.25) is 0 Å². The predicted molar refractivity (Wildman–Crippen MR) is 284 cm³/mol. The highest BCUT2D eigenvalue weighted by Crippen LogP contribution is 2.41. The SMILES string of the molecule is CC(=O)N[C@H]1[C@H](O[C@H]2[C@@H](O)[C@@H](CO)O[C@@H](O[C@H]3[C@H](O)[C@@H](O)C(O)O[C@@H]3CO)[C@@H]2O)O[C@H](CO)[C@@H](O[C@@H]2O[C@H](CO)[C@H](O)[C@H](O[C@@H]3O[C@H](CO)[C@@H](O)[C@H](O[C@@H]4O[C@H](CO)[C@H](O)[C@H](O[C@]5(C(=O)O)C[C@H](O)[C@@H](NC(C)=O)[C@H]([C@H](O)[C@H](O)CO)O5)[C@H]4O)[C@H]3NC(C)=O)[C@H]2O)[C@@H]1O. The molecule has 0 bridgehead atoms. The monoisotopic (exact) mass is 1360 g/mol. The van der Waals surface area contributed by atoms with Crippen LogP contribution >= 0.6 is 0 Å². The van der Waals surface area contributed by atoms with Crippen LogP contribution in [0.4, 0.5) is 0 Å². The normalized spacial score (nSPS) is 47.2. The van der Waals surface area contributed by atoms with Gasteiger partial charge in [0.05, 0.1) is 58.4 Å². The van der Waals surface area contributed by atoms with Crippen molar-refractivity contribution in [2.75, 3.05) is 46.2 Å². The first-order chi connectivity index (χ1) is 43.8. The number of ether oxygens (including phenoxy) is 13. The van der Waals surface area contributed by atoms with E-state index in [1.165, 1.54) is 0 Å². The van der Waals surface area contributed by atoms with Gasteiger partial charge in [0.1, 0.15) is 165 Å². The molecular formula is C51H85N3O39. The van der Waals surface area contributed by atoms with Crippen molar-refractivity contribution in [3.8, 4) is 0 Å². The molecule has 7 rings (SSSR count). The molecule has 0 aromatic heterocycles. The van der Waals surface area contributed by atoms with Crippen LogP contribution in [0.3, 0.4) is 0 Å². The molecule has 7 aliphatic heterocycles. The molecule has 538 valence electrons. The summed E-state index contributed by atoms with van der Waals surface area (Å²) in [6.45, 7) is -4.89. The zero-order valence-corrected chi connectivity index (χ0v) is 49.6.